The van der Waals surface area contributed by atoms with Gasteiger partial charge in [0.1, 0.15) is 5.75 Å². The van der Waals surface area contributed by atoms with Gasteiger partial charge in [0.05, 0.1) is 4.92 Å². The minimum absolute atomic E-state index is 0.0159. The molecular formula is C12H12N2O3. The van der Waals surface area contributed by atoms with E-state index in [1.807, 2.05) is 30.3 Å². The zero-order chi connectivity index (χ0) is 12.7. The Morgan fingerprint density at radius 1 is 1.00 bits per heavy atom. The molecule has 17 heavy (non-hydrogen) atoms. The van der Waals surface area contributed by atoms with Crippen LogP contribution >= 0.6 is 0 Å². The largest absolute Gasteiger partial charge is 0.508 e. The number of benzene rings is 2. The van der Waals surface area contributed by atoms with Crippen molar-refractivity contribution in [3.63, 3.8) is 0 Å². The van der Waals surface area contributed by atoms with Crippen molar-refractivity contribution in [2.75, 3.05) is 5.73 Å². The van der Waals surface area contributed by atoms with Crippen LogP contribution in [0.1, 0.15) is 0 Å². The minimum Gasteiger partial charge on any atom is -0.508 e. The monoisotopic (exact) mass is 232 g/mol. The number of rotatable bonds is 1. The lowest BCUT2D eigenvalue weighted by atomic mass is 10.3. The average molecular weight is 232 g/mol. The van der Waals surface area contributed by atoms with Crippen LogP contribution in [0.3, 0.4) is 0 Å². The van der Waals surface area contributed by atoms with E-state index in [1.165, 1.54) is 24.3 Å². The van der Waals surface area contributed by atoms with Gasteiger partial charge in [0.15, 0.2) is 0 Å². The second-order valence-electron chi connectivity index (χ2n) is 3.18. The van der Waals surface area contributed by atoms with Crippen molar-refractivity contribution in [1.29, 1.82) is 0 Å². The molecule has 0 fully saturated rings. The molecule has 0 aromatic heterocycles. The van der Waals surface area contributed by atoms with E-state index in [0.717, 1.165) is 5.69 Å². The summed E-state index contributed by atoms with van der Waals surface area (Å²) < 4.78 is 0. The van der Waals surface area contributed by atoms with Crippen LogP contribution in [0, 0.1) is 10.1 Å². The standard InChI is InChI=1S/C6H5NO3.C6H7N/c8-6-3-1-5(2-4-6)7(9)10;7-6-4-2-1-3-5-6/h1-4,8H;1-5H,7H2. The van der Waals surface area contributed by atoms with Gasteiger partial charge in [-0.05, 0) is 24.3 Å². The topological polar surface area (TPSA) is 89.4 Å². The van der Waals surface area contributed by atoms with Crippen molar-refractivity contribution in [3.05, 3.63) is 64.7 Å². The summed E-state index contributed by atoms with van der Waals surface area (Å²) in [4.78, 5) is 9.52. The number of aromatic hydroxyl groups is 1. The van der Waals surface area contributed by atoms with Gasteiger partial charge in [0, 0.05) is 17.8 Å². The molecule has 5 heteroatoms. The maximum absolute atomic E-state index is 10.0. The van der Waals surface area contributed by atoms with Gasteiger partial charge in [-0.2, -0.15) is 0 Å². The second kappa shape index (κ2) is 6.12. The fourth-order valence-corrected chi connectivity index (χ4v) is 1.03. The number of non-ortho nitro benzene ring substituents is 1. The molecular weight excluding hydrogens is 220 g/mol. The van der Waals surface area contributed by atoms with Crippen LogP contribution in [0.25, 0.3) is 0 Å². The third kappa shape index (κ3) is 4.65. The third-order valence-corrected chi connectivity index (χ3v) is 1.86. The molecule has 0 saturated carbocycles. The van der Waals surface area contributed by atoms with Gasteiger partial charge in [0.25, 0.3) is 5.69 Å². The number of phenols is 1. The first-order chi connectivity index (χ1) is 8.09. The van der Waals surface area contributed by atoms with Crippen molar-refractivity contribution in [2.45, 2.75) is 0 Å². The fourth-order valence-electron chi connectivity index (χ4n) is 1.03. The molecule has 0 heterocycles. The lowest BCUT2D eigenvalue weighted by Crippen LogP contribution is -1.85. The van der Waals surface area contributed by atoms with Crippen molar-refractivity contribution in [1.82, 2.24) is 0 Å². The summed E-state index contributed by atoms with van der Waals surface area (Å²) >= 11 is 0. The Morgan fingerprint density at radius 2 is 1.53 bits per heavy atom. The lowest BCUT2D eigenvalue weighted by molar-refractivity contribution is -0.384. The van der Waals surface area contributed by atoms with Crippen LogP contribution in [-0.4, -0.2) is 10.0 Å². The lowest BCUT2D eigenvalue weighted by Gasteiger charge is -1.89. The maximum atomic E-state index is 10.0. The number of phenolic OH excluding ortho intramolecular Hbond substituents is 1. The third-order valence-electron chi connectivity index (χ3n) is 1.86. The van der Waals surface area contributed by atoms with Gasteiger partial charge in [-0.3, -0.25) is 10.1 Å². The van der Waals surface area contributed by atoms with Crippen LogP contribution in [0.5, 0.6) is 5.75 Å². The summed E-state index contributed by atoms with van der Waals surface area (Å²) in [5.41, 5.74) is 6.16. The van der Waals surface area contributed by atoms with E-state index >= 15 is 0 Å². The van der Waals surface area contributed by atoms with Crippen molar-refractivity contribution in [2.24, 2.45) is 0 Å². The molecule has 0 aliphatic carbocycles. The normalized spacial score (nSPS) is 8.94. The molecule has 0 aliphatic heterocycles. The van der Waals surface area contributed by atoms with E-state index in [4.69, 9.17) is 10.8 Å². The van der Waals surface area contributed by atoms with E-state index in [1.54, 1.807) is 0 Å². The number of nitrogens with two attached hydrogens (primary N) is 1. The summed E-state index contributed by atoms with van der Waals surface area (Å²) in [6.45, 7) is 0. The number of para-hydroxylation sites is 1. The molecule has 2 aromatic rings. The number of nitro benzene ring substituents is 1. The van der Waals surface area contributed by atoms with Gasteiger partial charge in [-0.1, -0.05) is 18.2 Å². The van der Waals surface area contributed by atoms with E-state index < -0.39 is 4.92 Å². The molecule has 0 atom stereocenters. The Hall–Kier alpha value is -2.56. The molecule has 0 unspecified atom stereocenters. The van der Waals surface area contributed by atoms with Gasteiger partial charge < -0.3 is 10.8 Å². The molecule has 88 valence electrons. The van der Waals surface area contributed by atoms with Crippen LogP contribution in [-0.2, 0) is 0 Å². The summed E-state index contributed by atoms with van der Waals surface area (Å²) in [5, 5.41) is 18.8. The summed E-state index contributed by atoms with van der Waals surface area (Å²) in [6, 6.07) is 14.5. The summed E-state index contributed by atoms with van der Waals surface area (Å²) in [6.07, 6.45) is 0. The highest BCUT2D eigenvalue weighted by molar-refractivity contribution is 5.36. The molecule has 3 N–H and O–H groups in total. The quantitative estimate of drug-likeness (QED) is 0.449. The van der Waals surface area contributed by atoms with Crippen LogP contribution in [0.2, 0.25) is 0 Å². The highest BCUT2D eigenvalue weighted by atomic mass is 16.6. The number of nitrogens with zero attached hydrogens (tertiary/aromatic N) is 1. The number of nitrogen functional groups attached to an aromatic ring is 1. The van der Waals surface area contributed by atoms with Gasteiger partial charge in [-0.15, -0.1) is 0 Å². The predicted octanol–water partition coefficient (Wildman–Crippen LogP) is 2.57. The molecule has 0 spiro atoms. The number of hydrogen-bond donors (Lipinski definition) is 2. The van der Waals surface area contributed by atoms with E-state index in [9.17, 15) is 10.1 Å². The highest BCUT2D eigenvalue weighted by Gasteiger charge is 2.01. The minimum atomic E-state index is -0.514. The summed E-state index contributed by atoms with van der Waals surface area (Å²) in [7, 11) is 0. The Morgan fingerprint density at radius 3 is 1.88 bits per heavy atom. The van der Waals surface area contributed by atoms with Gasteiger partial charge in [0.2, 0.25) is 0 Å². The summed E-state index contributed by atoms with van der Waals surface area (Å²) in [5.74, 6) is 0.0330. The zero-order valence-corrected chi connectivity index (χ0v) is 8.98. The SMILES string of the molecule is Nc1ccccc1.O=[N+]([O-])c1ccc(O)cc1. The Labute approximate surface area is 98.3 Å². The Bertz CT molecular complexity index is 469. The van der Waals surface area contributed by atoms with Crippen molar-refractivity contribution >= 4 is 11.4 Å². The Balaban J connectivity index is 0.000000181. The molecule has 0 radical (unpaired) electrons. The number of nitro groups is 1. The number of anilines is 1. The molecule has 0 aliphatic rings. The van der Waals surface area contributed by atoms with E-state index in [2.05, 4.69) is 0 Å². The smallest absolute Gasteiger partial charge is 0.269 e. The van der Waals surface area contributed by atoms with Gasteiger partial charge >= 0.3 is 0 Å². The molecule has 0 amide bonds. The first-order valence-corrected chi connectivity index (χ1v) is 4.83. The molecule has 0 bridgehead atoms. The van der Waals surface area contributed by atoms with Crippen LogP contribution in [0.4, 0.5) is 11.4 Å². The van der Waals surface area contributed by atoms with E-state index in [0.29, 0.717) is 0 Å². The second-order valence-corrected chi connectivity index (χ2v) is 3.18. The fraction of sp³-hybridized carbons (Fsp3) is 0. The average Bonchev–Trinajstić information content (AvgIpc) is 2.31. The Kier molecular flexibility index (Phi) is 4.50. The highest BCUT2D eigenvalue weighted by Crippen LogP contribution is 2.14. The van der Waals surface area contributed by atoms with Crippen LogP contribution < -0.4 is 5.73 Å². The van der Waals surface area contributed by atoms with Gasteiger partial charge in [-0.25, -0.2) is 0 Å². The van der Waals surface area contributed by atoms with Crippen molar-refractivity contribution < 1.29 is 10.0 Å². The van der Waals surface area contributed by atoms with Crippen molar-refractivity contribution in [3.8, 4) is 5.75 Å². The van der Waals surface area contributed by atoms with E-state index in [-0.39, 0.29) is 11.4 Å². The molecule has 0 saturated heterocycles. The maximum Gasteiger partial charge on any atom is 0.269 e. The number of hydrogen-bond acceptors (Lipinski definition) is 4. The first-order valence-electron chi connectivity index (χ1n) is 4.83. The molecule has 2 rings (SSSR count). The molecule has 5 nitrogen and oxygen atoms in total. The van der Waals surface area contributed by atoms with Crippen LogP contribution in [0.15, 0.2) is 54.6 Å². The molecule has 2 aromatic carbocycles. The predicted molar refractivity (Wildman–Crippen MR) is 65.6 cm³/mol. The zero-order valence-electron chi connectivity index (χ0n) is 8.98. The first kappa shape index (κ1) is 12.5.